The van der Waals surface area contributed by atoms with Gasteiger partial charge in [0.1, 0.15) is 0 Å². The normalized spacial score (nSPS) is 8.79. The number of rotatable bonds is 2. The molecule has 0 saturated heterocycles. The van der Waals surface area contributed by atoms with Gasteiger partial charge in [-0.3, -0.25) is 10.1 Å². The molecule has 0 fully saturated rings. The third kappa shape index (κ3) is 3.38. The summed E-state index contributed by atoms with van der Waals surface area (Å²) in [6.07, 6.45) is 0. The summed E-state index contributed by atoms with van der Waals surface area (Å²) in [6.45, 7) is 3.20. The number of methoxy groups -OCH3 is 1. The molecule has 0 aliphatic rings. The molecule has 78 valence electrons. The Hall–Kier alpha value is -1.65. The Labute approximate surface area is 83.5 Å². The van der Waals surface area contributed by atoms with Crippen molar-refractivity contribution in [2.24, 2.45) is 0 Å². The maximum absolute atomic E-state index is 10.7. The molecule has 0 radical (unpaired) electrons. The average Bonchev–Trinajstić information content (AvgIpc) is 2.01. The third-order valence-electron chi connectivity index (χ3n) is 1.33. The third-order valence-corrected chi connectivity index (χ3v) is 1.33. The Balaban J connectivity index is 0.00000169. The summed E-state index contributed by atoms with van der Waals surface area (Å²) in [5, 5.41) is 2.48. The van der Waals surface area contributed by atoms with Gasteiger partial charge in [0.2, 0.25) is 17.7 Å². The zero-order valence-electron chi connectivity index (χ0n) is 7.79. The molecule has 1 aromatic rings. The van der Waals surface area contributed by atoms with E-state index in [-0.39, 0.29) is 19.3 Å². The van der Waals surface area contributed by atoms with E-state index in [2.05, 4.69) is 15.3 Å². The van der Waals surface area contributed by atoms with E-state index < -0.39 is 0 Å². The van der Waals surface area contributed by atoms with Gasteiger partial charge in [-0.05, 0) is 6.92 Å². The lowest BCUT2D eigenvalue weighted by molar-refractivity contribution is -0.114. The first kappa shape index (κ1) is 12.3. The molecule has 0 unspecified atom stereocenters. The Kier molecular flexibility index (Phi) is 4.55. The van der Waals surface area contributed by atoms with Gasteiger partial charge in [-0.2, -0.15) is 4.98 Å². The van der Waals surface area contributed by atoms with Crippen molar-refractivity contribution in [1.29, 1.82) is 0 Å². The average molecular weight is 197 g/mol. The predicted molar refractivity (Wildman–Crippen MR) is 54.4 cm³/mol. The van der Waals surface area contributed by atoms with Crippen molar-refractivity contribution in [2.45, 2.75) is 21.3 Å². The number of nitrogens with zero attached hydrogens (tertiary/aromatic N) is 2. The fourth-order valence-corrected chi connectivity index (χ4v) is 0.858. The molecule has 0 saturated carbocycles. The number of ether oxygens (including phenoxy) is 1. The van der Waals surface area contributed by atoms with E-state index in [4.69, 9.17) is 4.74 Å². The Morgan fingerprint density at radius 3 is 2.64 bits per heavy atom. The van der Waals surface area contributed by atoms with Crippen LogP contribution in [-0.4, -0.2) is 23.0 Å². The van der Waals surface area contributed by atoms with Gasteiger partial charge in [0.05, 0.1) is 7.11 Å². The quantitative estimate of drug-likeness (QED) is 0.778. The summed E-state index contributed by atoms with van der Waals surface area (Å²) in [6, 6.07) is 1.69. The second kappa shape index (κ2) is 5.16. The zero-order valence-corrected chi connectivity index (χ0v) is 7.79. The largest absolute Gasteiger partial charge is 0.481 e. The van der Waals surface area contributed by atoms with E-state index in [0.29, 0.717) is 5.88 Å². The summed E-state index contributed by atoms with van der Waals surface area (Å²) in [5.41, 5.74) is 0.746. The Bertz CT molecular complexity index is 326. The van der Waals surface area contributed by atoms with Crippen LogP contribution in [0.2, 0.25) is 0 Å². The number of hydrogen-bond acceptors (Lipinski definition) is 4. The first-order valence-electron chi connectivity index (χ1n) is 3.79. The van der Waals surface area contributed by atoms with Gasteiger partial charge in [-0.25, -0.2) is 4.98 Å². The molecule has 5 nitrogen and oxygen atoms in total. The molecular weight excluding hydrogens is 182 g/mol. The number of nitrogens with one attached hydrogen (secondary N) is 1. The van der Waals surface area contributed by atoms with Crippen LogP contribution in [0.15, 0.2) is 6.07 Å². The minimum Gasteiger partial charge on any atom is -0.481 e. The lowest BCUT2D eigenvalue weighted by Crippen LogP contribution is -2.10. The van der Waals surface area contributed by atoms with Crippen molar-refractivity contribution >= 4 is 11.9 Å². The predicted octanol–water partition coefficient (Wildman–Crippen LogP) is 1.39. The minimum atomic E-state index is -0.201. The van der Waals surface area contributed by atoms with Crippen LogP contribution in [0.3, 0.4) is 0 Å². The zero-order chi connectivity index (χ0) is 9.84. The minimum absolute atomic E-state index is 0. The van der Waals surface area contributed by atoms with Gasteiger partial charge >= 0.3 is 0 Å². The van der Waals surface area contributed by atoms with Crippen molar-refractivity contribution in [3.05, 3.63) is 11.8 Å². The summed E-state index contributed by atoms with van der Waals surface area (Å²) in [4.78, 5) is 18.6. The fraction of sp³-hybridized carbons (Fsp3) is 0.444. The molecule has 1 heterocycles. The van der Waals surface area contributed by atoms with Crippen molar-refractivity contribution in [3.63, 3.8) is 0 Å². The highest BCUT2D eigenvalue weighted by Crippen LogP contribution is 2.10. The summed E-state index contributed by atoms with van der Waals surface area (Å²) < 4.78 is 4.91. The van der Waals surface area contributed by atoms with Crippen molar-refractivity contribution in [1.82, 2.24) is 9.97 Å². The molecule has 0 aliphatic heterocycles. The molecule has 14 heavy (non-hydrogen) atoms. The number of aromatic nitrogens is 2. The topological polar surface area (TPSA) is 64.1 Å². The van der Waals surface area contributed by atoms with Gasteiger partial charge in [-0.15, -0.1) is 0 Å². The van der Waals surface area contributed by atoms with Gasteiger partial charge in [0.15, 0.2) is 0 Å². The van der Waals surface area contributed by atoms with Crippen LogP contribution >= 0.6 is 0 Å². The molecule has 1 amide bonds. The van der Waals surface area contributed by atoms with Crippen molar-refractivity contribution in [2.75, 3.05) is 12.4 Å². The number of amides is 1. The summed E-state index contributed by atoms with van der Waals surface area (Å²) in [7, 11) is 1.51. The van der Waals surface area contributed by atoms with E-state index >= 15 is 0 Å². The molecule has 0 spiro atoms. The maximum Gasteiger partial charge on any atom is 0.232 e. The molecule has 0 aromatic carbocycles. The van der Waals surface area contributed by atoms with E-state index in [1.165, 1.54) is 14.0 Å². The van der Waals surface area contributed by atoms with E-state index in [9.17, 15) is 4.79 Å². The molecule has 0 aliphatic carbocycles. The molecule has 1 aromatic heterocycles. The Morgan fingerprint density at radius 2 is 2.14 bits per heavy atom. The van der Waals surface area contributed by atoms with E-state index in [1.54, 1.807) is 13.0 Å². The van der Waals surface area contributed by atoms with Crippen LogP contribution in [0, 0.1) is 6.92 Å². The molecule has 5 heteroatoms. The van der Waals surface area contributed by atoms with Crippen molar-refractivity contribution < 1.29 is 9.53 Å². The number of aryl methyl sites for hydroxylation is 1. The monoisotopic (exact) mass is 197 g/mol. The lowest BCUT2D eigenvalue weighted by Gasteiger charge is -2.03. The number of hydrogen-bond donors (Lipinski definition) is 1. The van der Waals surface area contributed by atoms with Gasteiger partial charge in [0, 0.05) is 18.7 Å². The molecule has 0 atom stereocenters. The van der Waals surface area contributed by atoms with Gasteiger partial charge in [0.25, 0.3) is 0 Å². The van der Waals surface area contributed by atoms with Crippen LogP contribution in [0.4, 0.5) is 5.95 Å². The highest BCUT2D eigenvalue weighted by Gasteiger charge is 2.02. The fourth-order valence-electron chi connectivity index (χ4n) is 0.858. The number of carbonyl (C=O) groups is 1. The van der Waals surface area contributed by atoms with E-state index in [1.807, 2.05) is 0 Å². The SMILES string of the molecule is C.COc1cc(C)nc(NC(C)=O)n1. The van der Waals surface area contributed by atoms with Crippen LogP contribution < -0.4 is 10.1 Å². The van der Waals surface area contributed by atoms with Crippen LogP contribution in [0.5, 0.6) is 5.88 Å². The highest BCUT2D eigenvalue weighted by atomic mass is 16.5. The first-order chi connectivity index (χ1) is 6.11. The standard InChI is InChI=1S/C8H11N3O2.CH4/c1-5-4-7(13-3)11-8(9-5)10-6(2)12;/h4H,1-3H3,(H,9,10,11,12);1H4. The lowest BCUT2D eigenvalue weighted by atomic mass is 10.4. The van der Waals surface area contributed by atoms with Crippen LogP contribution in [0.1, 0.15) is 20.0 Å². The second-order valence-corrected chi connectivity index (χ2v) is 2.56. The van der Waals surface area contributed by atoms with Crippen molar-refractivity contribution in [3.8, 4) is 5.88 Å². The molecular formula is C9H15N3O2. The van der Waals surface area contributed by atoms with Crippen LogP contribution in [0.25, 0.3) is 0 Å². The second-order valence-electron chi connectivity index (χ2n) is 2.56. The van der Waals surface area contributed by atoms with E-state index in [0.717, 1.165) is 5.69 Å². The highest BCUT2D eigenvalue weighted by molar-refractivity contribution is 5.86. The first-order valence-corrected chi connectivity index (χ1v) is 3.79. The number of anilines is 1. The number of carbonyl (C=O) groups excluding carboxylic acids is 1. The molecule has 0 bridgehead atoms. The van der Waals surface area contributed by atoms with Gasteiger partial charge < -0.3 is 4.74 Å². The van der Waals surface area contributed by atoms with Gasteiger partial charge in [-0.1, -0.05) is 7.43 Å². The summed E-state index contributed by atoms with van der Waals surface area (Å²) in [5.74, 6) is 0.508. The molecule has 1 N–H and O–H groups in total. The summed E-state index contributed by atoms with van der Waals surface area (Å²) >= 11 is 0. The van der Waals surface area contributed by atoms with Crippen LogP contribution in [-0.2, 0) is 4.79 Å². The molecule has 1 rings (SSSR count). The maximum atomic E-state index is 10.7. The smallest absolute Gasteiger partial charge is 0.232 e. The Morgan fingerprint density at radius 1 is 1.50 bits per heavy atom.